The molecule has 1 amide bonds. The highest BCUT2D eigenvalue weighted by molar-refractivity contribution is 6.30. The largest absolute Gasteiger partial charge is 0.495 e. The van der Waals surface area contributed by atoms with Crippen LogP contribution in [-0.4, -0.2) is 26.1 Å². The fourth-order valence-corrected chi connectivity index (χ4v) is 2.73. The van der Waals surface area contributed by atoms with Gasteiger partial charge in [-0.1, -0.05) is 35.9 Å². The Hall–Kier alpha value is -2.55. The molecule has 0 saturated carbocycles. The number of halogens is 1. The molecule has 26 heavy (non-hydrogen) atoms. The third kappa shape index (κ3) is 5.22. The molecule has 0 bridgehead atoms. The zero-order valence-electron chi connectivity index (χ0n) is 14.9. The number of benzene rings is 2. The van der Waals surface area contributed by atoms with Gasteiger partial charge in [-0.05, 0) is 36.8 Å². The molecule has 2 aromatic rings. The minimum absolute atomic E-state index is 0.00768. The summed E-state index contributed by atoms with van der Waals surface area (Å²) in [5, 5.41) is 12.8. The zero-order valence-corrected chi connectivity index (χ0v) is 15.7. The Kier molecular flexibility index (Phi) is 7.46. The van der Waals surface area contributed by atoms with Crippen molar-refractivity contribution in [3.05, 3.63) is 59.1 Å². The van der Waals surface area contributed by atoms with Crippen LogP contribution in [0.2, 0.25) is 5.02 Å². The van der Waals surface area contributed by atoms with E-state index in [-0.39, 0.29) is 24.9 Å². The zero-order chi connectivity index (χ0) is 18.9. The molecular formula is C20H22ClN3O2. The lowest BCUT2D eigenvalue weighted by Gasteiger charge is -2.25. The molecule has 0 aliphatic rings. The van der Waals surface area contributed by atoms with Crippen LogP contribution in [0.5, 0.6) is 5.75 Å². The molecular weight excluding hydrogens is 350 g/mol. The van der Waals surface area contributed by atoms with Crippen LogP contribution in [-0.2, 0) is 4.79 Å². The van der Waals surface area contributed by atoms with Crippen molar-refractivity contribution in [1.82, 2.24) is 5.32 Å². The van der Waals surface area contributed by atoms with Gasteiger partial charge in [0.1, 0.15) is 5.75 Å². The lowest BCUT2D eigenvalue weighted by Crippen LogP contribution is -2.39. The fourth-order valence-electron chi connectivity index (χ4n) is 2.60. The first-order valence-corrected chi connectivity index (χ1v) is 8.73. The summed E-state index contributed by atoms with van der Waals surface area (Å²) < 4.78 is 5.35. The lowest BCUT2D eigenvalue weighted by molar-refractivity contribution is -0.117. The van der Waals surface area contributed by atoms with Gasteiger partial charge in [-0.25, -0.2) is 0 Å². The van der Waals surface area contributed by atoms with Crippen molar-refractivity contribution in [2.75, 3.05) is 25.1 Å². The van der Waals surface area contributed by atoms with E-state index < -0.39 is 0 Å². The highest BCUT2D eigenvalue weighted by Crippen LogP contribution is 2.28. The lowest BCUT2D eigenvalue weighted by atomic mass is 10.1. The van der Waals surface area contributed by atoms with Crippen LogP contribution in [0.3, 0.4) is 0 Å². The van der Waals surface area contributed by atoms with E-state index in [0.29, 0.717) is 23.0 Å². The number of methoxy groups -OCH3 is 1. The van der Waals surface area contributed by atoms with E-state index in [1.165, 1.54) is 0 Å². The molecule has 0 aliphatic heterocycles. The number of hydrogen-bond acceptors (Lipinski definition) is 4. The average Bonchev–Trinajstić information content (AvgIpc) is 2.67. The van der Waals surface area contributed by atoms with Gasteiger partial charge in [0.2, 0.25) is 5.91 Å². The normalized spacial score (nSPS) is 11.5. The number of ether oxygens (including phenoxy) is 1. The van der Waals surface area contributed by atoms with Crippen LogP contribution in [0.25, 0.3) is 0 Å². The quantitative estimate of drug-likeness (QED) is 0.763. The van der Waals surface area contributed by atoms with Gasteiger partial charge in [-0.2, -0.15) is 5.26 Å². The number of nitrogens with zero attached hydrogens (tertiary/aromatic N) is 2. The Labute approximate surface area is 159 Å². The molecule has 0 spiro atoms. The Morgan fingerprint density at radius 1 is 1.27 bits per heavy atom. The number of amides is 1. The van der Waals surface area contributed by atoms with E-state index in [9.17, 15) is 4.79 Å². The van der Waals surface area contributed by atoms with E-state index in [1.807, 2.05) is 49.4 Å². The maximum Gasteiger partial charge on any atom is 0.241 e. The second-order valence-electron chi connectivity index (χ2n) is 5.78. The molecule has 2 rings (SSSR count). The molecule has 1 N–H and O–H groups in total. The summed E-state index contributed by atoms with van der Waals surface area (Å²) in [6, 6.07) is 16.9. The van der Waals surface area contributed by atoms with Crippen molar-refractivity contribution >= 4 is 23.2 Å². The van der Waals surface area contributed by atoms with Gasteiger partial charge in [-0.15, -0.1) is 0 Å². The van der Waals surface area contributed by atoms with Crippen molar-refractivity contribution in [1.29, 1.82) is 5.26 Å². The highest BCUT2D eigenvalue weighted by atomic mass is 35.5. The van der Waals surface area contributed by atoms with Crippen LogP contribution in [0, 0.1) is 11.3 Å². The summed E-state index contributed by atoms with van der Waals surface area (Å²) in [5.41, 5.74) is 1.71. The molecule has 0 unspecified atom stereocenters. The second-order valence-corrected chi connectivity index (χ2v) is 6.22. The molecule has 0 aliphatic carbocycles. The number of para-hydroxylation sites is 2. The summed E-state index contributed by atoms with van der Waals surface area (Å²) in [6.45, 7) is 2.44. The molecule has 0 aromatic heterocycles. The smallest absolute Gasteiger partial charge is 0.241 e. The van der Waals surface area contributed by atoms with Gasteiger partial charge in [0, 0.05) is 17.6 Å². The molecule has 0 heterocycles. The number of carbonyl (C=O) groups is 1. The van der Waals surface area contributed by atoms with Gasteiger partial charge in [0.15, 0.2) is 0 Å². The predicted octanol–water partition coefficient (Wildman–Crippen LogP) is 3.95. The van der Waals surface area contributed by atoms with E-state index in [0.717, 1.165) is 5.56 Å². The van der Waals surface area contributed by atoms with Gasteiger partial charge in [0.25, 0.3) is 0 Å². The second kappa shape index (κ2) is 9.81. The number of nitriles is 1. The third-order valence-electron chi connectivity index (χ3n) is 4.05. The molecule has 6 heteroatoms. The van der Waals surface area contributed by atoms with Gasteiger partial charge < -0.3 is 15.0 Å². The first-order chi connectivity index (χ1) is 12.6. The Morgan fingerprint density at radius 3 is 2.62 bits per heavy atom. The minimum atomic E-state index is -0.120. The van der Waals surface area contributed by atoms with Gasteiger partial charge in [0.05, 0.1) is 31.8 Å². The number of nitrogens with one attached hydrogen (secondary N) is 1. The standard InChI is InChI=1S/C20H22ClN3O2/c1-15(16-8-10-17(21)11-9-16)23-14-20(25)24(13-5-12-22)18-6-3-4-7-19(18)26-2/h3-4,6-11,15,23H,5,13-14H2,1-2H3/t15-/m1/s1. The molecule has 5 nitrogen and oxygen atoms in total. The third-order valence-corrected chi connectivity index (χ3v) is 4.31. The topological polar surface area (TPSA) is 65.4 Å². The number of hydrogen-bond donors (Lipinski definition) is 1. The van der Waals surface area contributed by atoms with Crippen LogP contribution in [0.4, 0.5) is 5.69 Å². The first-order valence-electron chi connectivity index (χ1n) is 8.36. The monoisotopic (exact) mass is 371 g/mol. The van der Waals surface area contributed by atoms with Crippen molar-refractivity contribution in [2.24, 2.45) is 0 Å². The minimum Gasteiger partial charge on any atom is -0.495 e. The molecule has 0 radical (unpaired) electrons. The molecule has 136 valence electrons. The van der Waals surface area contributed by atoms with E-state index in [4.69, 9.17) is 21.6 Å². The molecule has 1 atom stereocenters. The summed E-state index contributed by atoms with van der Waals surface area (Å²) in [4.78, 5) is 14.4. The van der Waals surface area contributed by atoms with Crippen LogP contribution >= 0.6 is 11.6 Å². The summed E-state index contributed by atoms with van der Waals surface area (Å²) in [7, 11) is 1.56. The Balaban J connectivity index is 2.09. The van der Waals surface area contributed by atoms with E-state index in [2.05, 4.69) is 11.4 Å². The average molecular weight is 372 g/mol. The van der Waals surface area contributed by atoms with E-state index >= 15 is 0 Å². The maximum atomic E-state index is 12.8. The summed E-state index contributed by atoms with van der Waals surface area (Å²) in [5.74, 6) is 0.482. The highest BCUT2D eigenvalue weighted by Gasteiger charge is 2.19. The van der Waals surface area contributed by atoms with Crippen molar-refractivity contribution in [2.45, 2.75) is 19.4 Å². The molecule has 0 fully saturated rings. The van der Waals surface area contributed by atoms with Gasteiger partial charge >= 0.3 is 0 Å². The fraction of sp³-hybridized carbons (Fsp3) is 0.300. The SMILES string of the molecule is COc1ccccc1N(CCC#N)C(=O)CN[C@H](C)c1ccc(Cl)cc1. The maximum absolute atomic E-state index is 12.8. The molecule has 0 saturated heterocycles. The van der Waals surface area contributed by atoms with Crippen molar-refractivity contribution < 1.29 is 9.53 Å². The predicted molar refractivity (Wildman–Crippen MR) is 103 cm³/mol. The first kappa shape index (κ1) is 19.8. The Morgan fingerprint density at radius 2 is 1.96 bits per heavy atom. The Bertz CT molecular complexity index is 771. The summed E-state index contributed by atoms with van der Waals surface area (Å²) >= 11 is 5.91. The van der Waals surface area contributed by atoms with Crippen LogP contribution < -0.4 is 15.0 Å². The van der Waals surface area contributed by atoms with Crippen molar-refractivity contribution in [3.63, 3.8) is 0 Å². The van der Waals surface area contributed by atoms with E-state index in [1.54, 1.807) is 18.1 Å². The molecule has 2 aromatic carbocycles. The number of rotatable bonds is 8. The van der Waals surface area contributed by atoms with Crippen molar-refractivity contribution in [3.8, 4) is 11.8 Å². The number of carbonyl (C=O) groups excluding carboxylic acids is 1. The number of anilines is 1. The van der Waals surface area contributed by atoms with Crippen LogP contribution in [0.15, 0.2) is 48.5 Å². The summed E-state index contributed by atoms with van der Waals surface area (Å²) in [6.07, 6.45) is 0.247. The van der Waals surface area contributed by atoms with Gasteiger partial charge in [-0.3, -0.25) is 4.79 Å². The van der Waals surface area contributed by atoms with Crippen LogP contribution in [0.1, 0.15) is 24.9 Å².